The van der Waals surface area contributed by atoms with Crippen molar-refractivity contribution in [3.05, 3.63) is 58.3 Å². The van der Waals surface area contributed by atoms with Crippen LogP contribution in [-0.2, 0) is 26.0 Å². The molecular formula is C24H25F3N4O6S2. The topological polar surface area (TPSA) is 163 Å². The van der Waals surface area contributed by atoms with Gasteiger partial charge in [0.1, 0.15) is 17.5 Å². The zero-order valence-corrected chi connectivity index (χ0v) is 22.1. The maximum atomic E-state index is 12.9. The van der Waals surface area contributed by atoms with Crippen LogP contribution in [0.1, 0.15) is 16.9 Å². The van der Waals surface area contributed by atoms with Gasteiger partial charge in [-0.15, -0.1) is 11.3 Å². The summed E-state index contributed by atoms with van der Waals surface area (Å²) in [7, 11) is -2.06. The molecule has 10 nitrogen and oxygen atoms in total. The average Bonchev–Trinajstić information content (AvgIpc) is 3.49. The first-order valence-electron chi connectivity index (χ1n) is 11.3. The zero-order valence-electron chi connectivity index (χ0n) is 20.5. The Labute approximate surface area is 225 Å². The Hall–Kier alpha value is -3.69. The number of nitrogen functional groups attached to an aromatic ring is 1. The van der Waals surface area contributed by atoms with Gasteiger partial charge in [-0.05, 0) is 47.5 Å². The van der Waals surface area contributed by atoms with Crippen molar-refractivity contribution in [1.82, 2.24) is 10.2 Å². The average molecular weight is 587 g/mol. The summed E-state index contributed by atoms with van der Waals surface area (Å²) in [5, 5.41) is 21.0. The summed E-state index contributed by atoms with van der Waals surface area (Å²) in [5.41, 5.74) is 6.14. The fourth-order valence-corrected chi connectivity index (χ4v) is 5.76. The number of likely N-dealkylation sites (tertiary alicyclic amines) is 1. The number of amidine groups is 1. The summed E-state index contributed by atoms with van der Waals surface area (Å²) < 4.78 is 62.7. The molecule has 15 heteroatoms. The van der Waals surface area contributed by atoms with Crippen LogP contribution in [0, 0.1) is 5.41 Å². The Balaban J connectivity index is 0.000000532. The number of carboxylic acid groups (broad SMARTS) is 1. The Morgan fingerprint density at radius 2 is 1.90 bits per heavy atom. The van der Waals surface area contributed by atoms with E-state index >= 15 is 0 Å². The predicted octanol–water partition coefficient (Wildman–Crippen LogP) is 2.95. The minimum absolute atomic E-state index is 0.00265. The van der Waals surface area contributed by atoms with Crippen molar-refractivity contribution in [2.24, 2.45) is 5.73 Å². The number of alkyl halides is 3. The largest absolute Gasteiger partial charge is 0.497 e. The van der Waals surface area contributed by atoms with E-state index in [1.807, 2.05) is 12.1 Å². The third-order valence-corrected chi connectivity index (χ3v) is 8.19. The number of hydrogen-bond acceptors (Lipinski definition) is 8. The number of fused-ring (bicyclic) bond motifs is 1. The summed E-state index contributed by atoms with van der Waals surface area (Å²) in [6, 6.07) is 11.7. The van der Waals surface area contributed by atoms with E-state index in [0.717, 1.165) is 15.6 Å². The molecule has 0 bridgehead atoms. The number of rotatable bonds is 8. The first kappa shape index (κ1) is 29.9. The van der Waals surface area contributed by atoms with Crippen molar-refractivity contribution in [1.29, 1.82) is 5.41 Å². The molecule has 1 aromatic heterocycles. The summed E-state index contributed by atoms with van der Waals surface area (Å²) in [6.45, 7) is 0.966. The van der Waals surface area contributed by atoms with Crippen LogP contribution in [-0.4, -0.2) is 67.9 Å². The van der Waals surface area contributed by atoms with Crippen molar-refractivity contribution in [3.8, 4) is 5.75 Å². The van der Waals surface area contributed by atoms with Gasteiger partial charge < -0.3 is 20.5 Å². The number of nitrogens with one attached hydrogen (secondary N) is 2. The lowest BCUT2D eigenvalue weighted by Gasteiger charge is -2.16. The van der Waals surface area contributed by atoms with Gasteiger partial charge in [0.25, 0.3) is 0 Å². The Kier molecular flexibility index (Phi) is 9.19. The molecule has 1 aliphatic rings. The van der Waals surface area contributed by atoms with Crippen LogP contribution in [0.2, 0.25) is 0 Å². The molecule has 4 rings (SSSR count). The fourth-order valence-electron chi connectivity index (χ4n) is 3.70. The molecule has 3 aromatic rings. The number of benzene rings is 2. The van der Waals surface area contributed by atoms with Crippen molar-refractivity contribution < 1.29 is 41.0 Å². The number of nitrogens with zero attached hydrogens (tertiary/aromatic N) is 1. The van der Waals surface area contributed by atoms with Gasteiger partial charge in [0.2, 0.25) is 5.91 Å². The lowest BCUT2D eigenvalue weighted by molar-refractivity contribution is -0.192. The number of ether oxygens (including phenoxy) is 1. The Bertz CT molecular complexity index is 1490. The van der Waals surface area contributed by atoms with Crippen LogP contribution in [0.3, 0.4) is 0 Å². The van der Waals surface area contributed by atoms with E-state index in [1.165, 1.54) is 11.3 Å². The molecule has 5 N–H and O–H groups in total. The molecule has 1 amide bonds. The van der Waals surface area contributed by atoms with E-state index in [-0.39, 0.29) is 22.5 Å². The fraction of sp³-hybridized carbons (Fsp3) is 0.292. The number of carbonyl (C=O) groups excluding carboxylic acids is 1. The third kappa shape index (κ3) is 7.68. The summed E-state index contributed by atoms with van der Waals surface area (Å²) in [5.74, 6) is -2.55. The van der Waals surface area contributed by atoms with E-state index in [4.69, 9.17) is 25.8 Å². The second-order valence-electron chi connectivity index (χ2n) is 8.46. The lowest BCUT2D eigenvalue weighted by atomic mass is 10.1. The van der Waals surface area contributed by atoms with Gasteiger partial charge in [-0.3, -0.25) is 15.5 Å². The quantitative estimate of drug-likeness (QED) is 0.231. The van der Waals surface area contributed by atoms with E-state index in [9.17, 15) is 26.4 Å². The number of nitrogens with two attached hydrogens (primary N) is 1. The number of thiophene rings is 1. The molecule has 0 aliphatic carbocycles. The SMILES string of the molecule is COc1ccc2ccc(S(=O)(=O)CNC3CCN(Cc4cc(C(=N)N)cs4)C3=O)cc2c1.O=C(O)C(F)(F)F. The molecule has 1 atom stereocenters. The minimum atomic E-state index is -5.08. The van der Waals surface area contributed by atoms with E-state index < -0.39 is 28.0 Å². The molecular weight excluding hydrogens is 561 g/mol. The Morgan fingerprint density at radius 3 is 2.49 bits per heavy atom. The van der Waals surface area contributed by atoms with Crippen LogP contribution >= 0.6 is 11.3 Å². The number of methoxy groups -OCH3 is 1. The molecule has 2 aromatic carbocycles. The number of halogens is 3. The summed E-state index contributed by atoms with van der Waals surface area (Å²) in [6.07, 6.45) is -4.55. The first-order chi connectivity index (χ1) is 18.2. The second-order valence-corrected chi connectivity index (χ2v) is 11.4. The van der Waals surface area contributed by atoms with Gasteiger partial charge in [-0.2, -0.15) is 13.2 Å². The number of sulfone groups is 1. The highest BCUT2D eigenvalue weighted by atomic mass is 32.2. The molecule has 2 heterocycles. The second kappa shape index (κ2) is 12.0. The van der Waals surface area contributed by atoms with Gasteiger partial charge in [0, 0.05) is 22.4 Å². The number of hydrogen-bond donors (Lipinski definition) is 4. The predicted molar refractivity (Wildman–Crippen MR) is 139 cm³/mol. The van der Waals surface area contributed by atoms with Crippen LogP contribution in [0.4, 0.5) is 13.2 Å². The highest BCUT2D eigenvalue weighted by Gasteiger charge is 2.38. The molecule has 1 aliphatic heterocycles. The molecule has 39 heavy (non-hydrogen) atoms. The highest BCUT2D eigenvalue weighted by Crippen LogP contribution is 2.25. The van der Waals surface area contributed by atoms with E-state index in [0.29, 0.717) is 30.8 Å². The maximum Gasteiger partial charge on any atom is 0.490 e. The van der Waals surface area contributed by atoms with Gasteiger partial charge in [-0.25, -0.2) is 13.2 Å². The molecule has 210 valence electrons. The molecule has 1 unspecified atom stereocenters. The number of carbonyl (C=O) groups is 2. The van der Waals surface area contributed by atoms with Crippen molar-refractivity contribution in [3.63, 3.8) is 0 Å². The van der Waals surface area contributed by atoms with Crippen LogP contribution in [0.5, 0.6) is 5.75 Å². The third-order valence-electron chi connectivity index (χ3n) is 5.75. The lowest BCUT2D eigenvalue weighted by Crippen LogP contribution is -2.40. The first-order valence-corrected chi connectivity index (χ1v) is 13.8. The van der Waals surface area contributed by atoms with Gasteiger partial charge in [0.05, 0.1) is 24.6 Å². The van der Waals surface area contributed by atoms with Crippen LogP contribution in [0.25, 0.3) is 10.8 Å². The number of amides is 1. The zero-order chi connectivity index (χ0) is 29.0. The molecule has 0 radical (unpaired) electrons. The Morgan fingerprint density at radius 1 is 1.23 bits per heavy atom. The van der Waals surface area contributed by atoms with Crippen molar-refractivity contribution in [2.75, 3.05) is 19.5 Å². The molecule has 0 saturated carbocycles. The molecule has 0 spiro atoms. The van der Waals surface area contributed by atoms with E-state index in [2.05, 4.69) is 5.32 Å². The smallest absolute Gasteiger partial charge is 0.490 e. The maximum absolute atomic E-state index is 12.9. The standard InChI is InChI=1S/C22H24N4O4S2.C2HF3O2/c1-30-17-4-2-14-3-5-19(10-15(14)8-17)32(28,29)13-25-20-6-7-26(22(20)27)11-18-9-16(12-31-18)21(23)24;3-2(4,5)1(6)7/h2-5,8-10,12,20,25H,6-7,11,13H2,1H3,(H3,23,24);(H,6,7). The normalized spacial score (nSPS) is 15.6. The number of aliphatic carboxylic acids is 1. The van der Waals surface area contributed by atoms with Gasteiger partial charge >= 0.3 is 12.1 Å². The van der Waals surface area contributed by atoms with Crippen molar-refractivity contribution in [2.45, 2.75) is 30.1 Å². The van der Waals surface area contributed by atoms with Gasteiger partial charge in [-0.1, -0.05) is 12.1 Å². The molecule has 1 fully saturated rings. The highest BCUT2D eigenvalue weighted by molar-refractivity contribution is 7.91. The summed E-state index contributed by atoms with van der Waals surface area (Å²) in [4.78, 5) is 24.5. The summed E-state index contributed by atoms with van der Waals surface area (Å²) >= 11 is 1.45. The monoisotopic (exact) mass is 586 g/mol. The minimum Gasteiger partial charge on any atom is -0.497 e. The molecule has 1 saturated heterocycles. The van der Waals surface area contributed by atoms with Gasteiger partial charge in [0.15, 0.2) is 9.84 Å². The van der Waals surface area contributed by atoms with E-state index in [1.54, 1.807) is 47.7 Å². The van der Waals surface area contributed by atoms with Crippen LogP contribution < -0.4 is 15.8 Å². The number of carboxylic acids is 1. The van der Waals surface area contributed by atoms with Crippen LogP contribution in [0.15, 0.2) is 52.7 Å². The van der Waals surface area contributed by atoms with Crippen molar-refractivity contribution >= 4 is 49.7 Å².